The summed E-state index contributed by atoms with van der Waals surface area (Å²) in [6.07, 6.45) is 0. The third kappa shape index (κ3) is 2.55. The Morgan fingerprint density at radius 2 is 2.29 bits per heavy atom. The number of aromatic nitrogens is 1. The normalized spacial score (nSPS) is 20.1. The summed E-state index contributed by atoms with van der Waals surface area (Å²) in [7, 11) is 0. The molecule has 0 saturated carbocycles. The fourth-order valence-electron chi connectivity index (χ4n) is 2.23. The molecule has 1 fully saturated rings. The van der Waals surface area contributed by atoms with E-state index in [1.807, 2.05) is 31.7 Å². The summed E-state index contributed by atoms with van der Waals surface area (Å²) in [5, 5.41) is 9.89. The molecule has 90 valence electrons. The minimum absolute atomic E-state index is 0.629. The summed E-state index contributed by atoms with van der Waals surface area (Å²) >= 11 is 2.00. The van der Waals surface area contributed by atoms with E-state index in [0.29, 0.717) is 5.25 Å². The van der Waals surface area contributed by atoms with E-state index in [-0.39, 0.29) is 0 Å². The van der Waals surface area contributed by atoms with Crippen LogP contribution in [-0.4, -0.2) is 29.1 Å². The Kier molecular flexibility index (Phi) is 3.58. The minimum atomic E-state index is 0.629. The zero-order valence-electron chi connectivity index (χ0n) is 10.5. The van der Waals surface area contributed by atoms with Gasteiger partial charge in [0, 0.05) is 29.8 Å². The van der Waals surface area contributed by atoms with Gasteiger partial charge in [-0.25, -0.2) is 0 Å². The fraction of sp³-hybridized carbons (Fsp3) is 0.538. The van der Waals surface area contributed by atoms with Gasteiger partial charge in [-0.05, 0) is 19.9 Å². The lowest BCUT2D eigenvalue weighted by molar-refractivity contribution is 0.779. The first kappa shape index (κ1) is 12.3. The van der Waals surface area contributed by atoms with Gasteiger partial charge in [-0.15, -0.1) is 0 Å². The molecule has 0 bridgehead atoms. The summed E-state index contributed by atoms with van der Waals surface area (Å²) < 4.78 is 0. The molecule has 0 radical (unpaired) electrons. The van der Waals surface area contributed by atoms with Crippen LogP contribution in [0.5, 0.6) is 0 Å². The maximum atomic E-state index is 9.26. The Morgan fingerprint density at radius 1 is 1.53 bits per heavy atom. The van der Waals surface area contributed by atoms with Gasteiger partial charge in [0.05, 0.1) is 16.9 Å². The number of nitriles is 1. The molecule has 1 aromatic rings. The van der Waals surface area contributed by atoms with Crippen LogP contribution < -0.4 is 4.90 Å². The van der Waals surface area contributed by atoms with Crippen molar-refractivity contribution in [3.8, 4) is 6.07 Å². The van der Waals surface area contributed by atoms with Gasteiger partial charge in [-0.2, -0.15) is 17.0 Å². The number of hydrogen-bond donors (Lipinski definition) is 0. The molecule has 17 heavy (non-hydrogen) atoms. The van der Waals surface area contributed by atoms with E-state index >= 15 is 0 Å². The molecule has 1 aromatic heterocycles. The Balaban J connectivity index is 2.40. The van der Waals surface area contributed by atoms with Gasteiger partial charge in [0.1, 0.15) is 6.07 Å². The Hall–Kier alpha value is -1.21. The van der Waals surface area contributed by atoms with Gasteiger partial charge in [0.2, 0.25) is 0 Å². The van der Waals surface area contributed by atoms with E-state index in [9.17, 15) is 5.26 Å². The van der Waals surface area contributed by atoms with Crippen LogP contribution in [0, 0.1) is 25.2 Å². The van der Waals surface area contributed by atoms with Crippen LogP contribution in [0.3, 0.4) is 0 Å². The Bertz CT molecular complexity index is 464. The van der Waals surface area contributed by atoms with E-state index < -0.39 is 0 Å². The molecule has 1 aliphatic rings. The van der Waals surface area contributed by atoms with Crippen molar-refractivity contribution in [3.05, 3.63) is 23.0 Å². The van der Waals surface area contributed by atoms with Crippen molar-refractivity contribution in [1.29, 1.82) is 5.26 Å². The van der Waals surface area contributed by atoms with E-state index in [4.69, 9.17) is 0 Å². The van der Waals surface area contributed by atoms with Gasteiger partial charge >= 0.3 is 0 Å². The molecule has 0 N–H and O–H groups in total. The number of aryl methyl sites for hydroxylation is 2. The average molecular weight is 247 g/mol. The molecule has 1 aliphatic heterocycles. The fourth-order valence-corrected chi connectivity index (χ4v) is 3.25. The van der Waals surface area contributed by atoms with Crippen LogP contribution in [0.1, 0.15) is 23.9 Å². The van der Waals surface area contributed by atoms with Crippen molar-refractivity contribution in [2.45, 2.75) is 26.0 Å². The Morgan fingerprint density at radius 3 is 2.94 bits per heavy atom. The Labute approximate surface area is 107 Å². The largest absolute Gasteiger partial charge is 0.368 e. The lowest BCUT2D eigenvalue weighted by Gasteiger charge is -2.33. The molecule has 0 aliphatic carbocycles. The van der Waals surface area contributed by atoms with E-state index in [1.165, 1.54) is 0 Å². The highest BCUT2D eigenvalue weighted by Crippen LogP contribution is 2.28. The second kappa shape index (κ2) is 4.97. The smallest absolute Gasteiger partial charge is 0.103 e. The van der Waals surface area contributed by atoms with Crippen molar-refractivity contribution in [2.24, 2.45) is 0 Å². The monoisotopic (exact) mass is 247 g/mol. The average Bonchev–Trinajstić information content (AvgIpc) is 2.28. The first-order valence-electron chi connectivity index (χ1n) is 5.86. The van der Waals surface area contributed by atoms with Gasteiger partial charge in [0.15, 0.2) is 0 Å². The standard InChI is InChI=1S/C13H17N3S/c1-9-6-13(12(7-14)11(3)15-9)16-4-5-17-10(2)8-16/h6,10H,4-5,8H2,1-3H3. The lowest BCUT2D eigenvalue weighted by Crippen LogP contribution is -2.37. The first-order chi connectivity index (χ1) is 8.11. The van der Waals surface area contributed by atoms with Gasteiger partial charge in [-0.1, -0.05) is 6.92 Å². The van der Waals surface area contributed by atoms with Crippen molar-refractivity contribution in [3.63, 3.8) is 0 Å². The van der Waals surface area contributed by atoms with E-state index in [1.54, 1.807) is 0 Å². The summed E-state index contributed by atoms with van der Waals surface area (Å²) in [4.78, 5) is 6.69. The predicted molar refractivity (Wildman–Crippen MR) is 72.6 cm³/mol. The molecule has 1 unspecified atom stereocenters. The zero-order valence-corrected chi connectivity index (χ0v) is 11.3. The molecule has 2 rings (SSSR count). The topological polar surface area (TPSA) is 39.9 Å². The van der Waals surface area contributed by atoms with Crippen molar-refractivity contribution >= 4 is 17.4 Å². The number of nitrogens with zero attached hydrogens (tertiary/aromatic N) is 3. The SMILES string of the molecule is Cc1cc(N2CCSC(C)C2)c(C#N)c(C)n1. The maximum absolute atomic E-state index is 9.26. The molecule has 0 aromatic carbocycles. The van der Waals surface area contributed by atoms with Gasteiger partial charge in [0.25, 0.3) is 0 Å². The van der Waals surface area contributed by atoms with Crippen molar-refractivity contribution < 1.29 is 0 Å². The second-order valence-corrected chi connectivity index (χ2v) is 6.03. The lowest BCUT2D eigenvalue weighted by atomic mass is 10.1. The van der Waals surface area contributed by atoms with E-state index in [0.717, 1.165) is 41.5 Å². The van der Waals surface area contributed by atoms with Crippen molar-refractivity contribution in [2.75, 3.05) is 23.7 Å². The molecule has 0 spiro atoms. The minimum Gasteiger partial charge on any atom is -0.368 e. The molecule has 3 nitrogen and oxygen atoms in total. The third-order valence-corrected chi connectivity index (χ3v) is 4.14. The number of anilines is 1. The summed E-state index contributed by atoms with van der Waals surface area (Å²) in [6, 6.07) is 4.33. The van der Waals surface area contributed by atoms with E-state index in [2.05, 4.69) is 22.9 Å². The molecular formula is C13H17N3S. The third-order valence-electron chi connectivity index (χ3n) is 3.00. The molecule has 1 atom stereocenters. The summed E-state index contributed by atoms with van der Waals surface area (Å²) in [6.45, 7) is 8.18. The quantitative estimate of drug-likeness (QED) is 0.764. The van der Waals surface area contributed by atoms with Crippen LogP contribution in [0.4, 0.5) is 5.69 Å². The molecule has 4 heteroatoms. The maximum Gasteiger partial charge on any atom is 0.103 e. The highest BCUT2D eigenvalue weighted by molar-refractivity contribution is 8.00. The number of pyridine rings is 1. The predicted octanol–water partition coefficient (Wildman–Crippen LogP) is 2.51. The molecule has 1 saturated heterocycles. The van der Waals surface area contributed by atoms with Crippen molar-refractivity contribution in [1.82, 2.24) is 4.98 Å². The number of rotatable bonds is 1. The first-order valence-corrected chi connectivity index (χ1v) is 6.91. The van der Waals surface area contributed by atoms with Crippen LogP contribution in [0.25, 0.3) is 0 Å². The highest BCUT2D eigenvalue weighted by Gasteiger charge is 2.20. The van der Waals surface area contributed by atoms with Gasteiger partial charge in [-0.3, -0.25) is 4.98 Å². The number of thioether (sulfide) groups is 1. The van der Waals surface area contributed by atoms with Crippen LogP contribution in [0.15, 0.2) is 6.07 Å². The van der Waals surface area contributed by atoms with Crippen LogP contribution in [0.2, 0.25) is 0 Å². The summed E-state index contributed by atoms with van der Waals surface area (Å²) in [5.74, 6) is 1.13. The second-order valence-electron chi connectivity index (χ2n) is 4.48. The van der Waals surface area contributed by atoms with Crippen LogP contribution >= 0.6 is 11.8 Å². The molecular weight excluding hydrogens is 230 g/mol. The highest BCUT2D eigenvalue weighted by atomic mass is 32.2. The molecule has 0 amide bonds. The number of hydrogen-bond acceptors (Lipinski definition) is 4. The summed E-state index contributed by atoms with van der Waals surface area (Å²) in [5.41, 5.74) is 3.62. The zero-order chi connectivity index (χ0) is 12.4. The van der Waals surface area contributed by atoms with Gasteiger partial charge < -0.3 is 4.90 Å². The molecule has 2 heterocycles. The van der Waals surface area contributed by atoms with Crippen LogP contribution in [-0.2, 0) is 0 Å².